The number of anilines is 1. The van der Waals surface area contributed by atoms with E-state index in [0.717, 1.165) is 24.9 Å². The van der Waals surface area contributed by atoms with Crippen molar-refractivity contribution in [3.63, 3.8) is 0 Å². The van der Waals surface area contributed by atoms with Crippen molar-refractivity contribution in [2.24, 2.45) is 0 Å². The number of unbranched alkanes of at least 4 members (excludes halogenated alkanes) is 1. The molecule has 2 rings (SSSR count). The molecule has 0 spiro atoms. The van der Waals surface area contributed by atoms with E-state index in [2.05, 4.69) is 16.9 Å². The Balaban J connectivity index is 2.04. The molecule has 0 N–H and O–H groups in total. The van der Waals surface area contributed by atoms with Gasteiger partial charge in [-0.15, -0.1) is 0 Å². The molecule has 0 aliphatic carbocycles. The van der Waals surface area contributed by atoms with E-state index in [4.69, 9.17) is 0 Å². The number of rotatable bonds is 8. The van der Waals surface area contributed by atoms with E-state index in [-0.39, 0.29) is 5.91 Å². The summed E-state index contributed by atoms with van der Waals surface area (Å²) in [6.07, 6.45) is 5.48. The summed E-state index contributed by atoms with van der Waals surface area (Å²) >= 11 is 0. The molecule has 1 heterocycles. The van der Waals surface area contributed by atoms with Crippen molar-refractivity contribution in [1.82, 2.24) is 14.9 Å². The van der Waals surface area contributed by atoms with Gasteiger partial charge in [0, 0.05) is 39.1 Å². The monoisotopic (exact) mass is 326 g/mol. The molecule has 0 saturated carbocycles. The minimum absolute atomic E-state index is 0.0379. The van der Waals surface area contributed by atoms with Crippen LogP contribution in [0.25, 0.3) is 0 Å². The highest BCUT2D eigenvalue weighted by atomic mass is 16.2. The molecular weight excluding hydrogens is 300 g/mol. The zero-order valence-electron chi connectivity index (χ0n) is 14.8. The van der Waals surface area contributed by atoms with Crippen LogP contribution in [0.1, 0.15) is 42.6 Å². The van der Waals surface area contributed by atoms with Crippen molar-refractivity contribution in [2.75, 3.05) is 25.0 Å². The first-order valence-corrected chi connectivity index (χ1v) is 8.52. The fourth-order valence-corrected chi connectivity index (χ4v) is 2.44. The Kier molecular flexibility index (Phi) is 6.73. The van der Waals surface area contributed by atoms with Gasteiger partial charge >= 0.3 is 0 Å². The molecule has 1 aromatic carbocycles. The maximum Gasteiger partial charge on any atom is 0.257 e. The Morgan fingerprint density at radius 2 is 1.75 bits per heavy atom. The highest BCUT2D eigenvalue weighted by Gasteiger charge is 2.16. The van der Waals surface area contributed by atoms with E-state index in [9.17, 15) is 4.79 Å². The van der Waals surface area contributed by atoms with Crippen molar-refractivity contribution >= 4 is 11.9 Å². The van der Waals surface area contributed by atoms with Crippen LogP contribution >= 0.6 is 0 Å². The molecule has 0 bridgehead atoms. The number of carbonyl (C=O) groups is 1. The summed E-state index contributed by atoms with van der Waals surface area (Å²) in [6, 6.07) is 10.00. The maximum absolute atomic E-state index is 12.7. The Morgan fingerprint density at radius 1 is 1.08 bits per heavy atom. The molecule has 0 radical (unpaired) electrons. The number of benzene rings is 1. The van der Waals surface area contributed by atoms with Gasteiger partial charge in [-0.05, 0) is 18.9 Å². The van der Waals surface area contributed by atoms with Crippen LogP contribution in [0.4, 0.5) is 5.95 Å². The van der Waals surface area contributed by atoms with Crippen molar-refractivity contribution < 1.29 is 4.79 Å². The lowest BCUT2D eigenvalue weighted by Gasteiger charge is -2.21. The quantitative estimate of drug-likeness (QED) is 0.746. The Labute approximate surface area is 144 Å². The summed E-state index contributed by atoms with van der Waals surface area (Å²) in [5.74, 6) is 0.621. The van der Waals surface area contributed by atoms with E-state index in [1.165, 1.54) is 0 Å². The first-order valence-electron chi connectivity index (χ1n) is 8.52. The van der Waals surface area contributed by atoms with Crippen molar-refractivity contribution in [1.29, 1.82) is 0 Å². The van der Waals surface area contributed by atoms with Crippen LogP contribution in [0.2, 0.25) is 0 Å². The fourth-order valence-electron chi connectivity index (χ4n) is 2.44. The standard InChI is InChI=1S/C19H26N4O/c1-4-6-12-22(3)19-20-13-17(14-21-19)18(24)23(5-2)15-16-10-8-7-9-11-16/h7-11,13-14H,4-6,12,15H2,1-3H3. The maximum atomic E-state index is 12.7. The molecule has 0 saturated heterocycles. The molecule has 0 aliphatic rings. The normalized spacial score (nSPS) is 10.5. The average molecular weight is 326 g/mol. The minimum atomic E-state index is -0.0379. The molecule has 5 nitrogen and oxygen atoms in total. The van der Waals surface area contributed by atoms with Gasteiger partial charge in [0.2, 0.25) is 5.95 Å². The zero-order valence-corrected chi connectivity index (χ0v) is 14.8. The molecule has 0 atom stereocenters. The molecule has 0 aliphatic heterocycles. The van der Waals surface area contributed by atoms with Crippen LogP contribution in [0, 0.1) is 0 Å². The Morgan fingerprint density at radius 3 is 2.33 bits per heavy atom. The number of nitrogens with zero attached hydrogens (tertiary/aromatic N) is 4. The third kappa shape index (κ3) is 4.78. The molecule has 2 aromatic rings. The second-order valence-corrected chi connectivity index (χ2v) is 5.85. The molecule has 0 unspecified atom stereocenters. The van der Waals surface area contributed by atoms with Crippen LogP contribution < -0.4 is 4.90 Å². The lowest BCUT2D eigenvalue weighted by molar-refractivity contribution is 0.0751. The van der Waals surface area contributed by atoms with Crippen molar-refractivity contribution in [3.05, 3.63) is 53.9 Å². The molecule has 1 amide bonds. The van der Waals surface area contributed by atoms with Gasteiger partial charge in [-0.3, -0.25) is 4.79 Å². The first kappa shape index (κ1) is 17.9. The molecule has 24 heavy (non-hydrogen) atoms. The second-order valence-electron chi connectivity index (χ2n) is 5.85. The van der Waals surface area contributed by atoms with E-state index in [0.29, 0.717) is 24.6 Å². The van der Waals surface area contributed by atoms with Gasteiger partial charge in [0.15, 0.2) is 0 Å². The van der Waals surface area contributed by atoms with Crippen LogP contribution in [0.15, 0.2) is 42.7 Å². The highest BCUT2D eigenvalue weighted by molar-refractivity contribution is 5.93. The summed E-state index contributed by atoms with van der Waals surface area (Å²) < 4.78 is 0. The summed E-state index contributed by atoms with van der Waals surface area (Å²) in [5, 5.41) is 0. The van der Waals surface area contributed by atoms with Crippen LogP contribution in [-0.2, 0) is 6.54 Å². The first-order chi connectivity index (χ1) is 11.7. The lowest BCUT2D eigenvalue weighted by Crippen LogP contribution is -2.30. The van der Waals surface area contributed by atoms with Crippen LogP contribution in [0.3, 0.4) is 0 Å². The molecule has 128 valence electrons. The van der Waals surface area contributed by atoms with Crippen molar-refractivity contribution in [2.45, 2.75) is 33.2 Å². The fraction of sp³-hybridized carbons (Fsp3) is 0.421. The number of hydrogen-bond donors (Lipinski definition) is 0. The van der Waals surface area contributed by atoms with Gasteiger partial charge in [-0.25, -0.2) is 9.97 Å². The third-order valence-electron chi connectivity index (χ3n) is 3.96. The van der Waals surface area contributed by atoms with E-state index in [1.54, 1.807) is 17.3 Å². The molecule has 1 aromatic heterocycles. The molecule has 5 heteroatoms. The number of amides is 1. The van der Waals surface area contributed by atoms with Gasteiger partial charge in [0.05, 0.1) is 5.56 Å². The molecular formula is C19H26N4O. The summed E-state index contributed by atoms with van der Waals surface area (Å²) in [6.45, 7) is 6.29. The van der Waals surface area contributed by atoms with Crippen LogP contribution in [-0.4, -0.2) is 40.9 Å². The van der Waals surface area contributed by atoms with Gasteiger partial charge in [-0.2, -0.15) is 0 Å². The van der Waals surface area contributed by atoms with Crippen LogP contribution in [0.5, 0.6) is 0 Å². The average Bonchev–Trinajstić information content (AvgIpc) is 2.64. The second kappa shape index (κ2) is 9.01. The van der Waals surface area contributed by atoms with E-state index in [1.807, 2.05) is 49.2 Å². The predicted octanol–water partition coefficient (Wildman–Crippen LogP) is 3.38. The Bertz CT molecular complexity index is 628. The zero-order chi connectivity index (χ0) is 17.4. The van der Waals surface area contributed by atoms with E-state index < -0.39 is 0 Å². The lowest BCUT2D eigenvalue weighted by atomic mass is 10.2. The van der Waals surface area contributed by atoms with Gasteiger partial charge < -0.3 is 9.80 Å². The Hall–Kier alpha value is -2.43. The summed E-state index contributed by atoms with van der Waals surface area (Å²) in [4.78, 5) is 25.2. The number of aromatic nitrogens is 2. The third-order valence-corrected chi connectivity index (χ3v) is 3.96. The van der Waals surface area contributed by atoms with Gasteiger partial charge in [-0.1, -0.05) is 43.7 Å². The minimum Gasteiger partial charge on any atom is -0.344 e. The van der Waals surface area contributed by atoms with Crippen molar-refractivity contribution in [3.8, 4) is 0 Å². The van der Waals surface area contributed by atoms with Gasteiger partial charge in [0.25, 0.3) is 5.91 Å². The molecule has 0 fully saturated rings. The smallest absolute Gasteiger partial charge is 0.257 e. The summed E-state index contributed by atoms with van der Waals surface area (Å²) in [7, 11) is 1.97. The van der Waals surface area contributed by atoms with E-state index >= 15 is 0 Å². The summed E-state index contributed by atoms with van der Waals surface area (Å²) in [5.41, 5.74) is 1.64. The number of hydrogen-bond acceptors (Lipinski definition) is 4. The highest BCUT2D eigenvalue weighted by Crippen LogP contribution is 2.11. The number of carbonyl (C=O) groups excluding carboxylic acids is 1. The largest absolute Gasteiger partial charge is 0.344 e. The topological polar surface area (TPSA) is 49.3 Å². The predicted molar refractivity (Wildman–Crippen MR) is 97.1 cm³/mol. The SMILES string of the molecule is CCCCN(C)c1ncc(C(=O)N(CC)Cc2ccccc2)cn1. The van der Waals surface area contributed by atoms with Gasteiger partial charge in [0.1, 0.15) is 0 Å².